The number of benzene rings is 2. The summed E-state index contributed by atoms with van der Waals surface area (Å²) in [6, 6.07) is 8.73. The van der Waals surface area contributed by atoms with E-state index in [2.05, 4.69) is 30.7 Å². The molecular weight excluding hydrogens is 513 g/mol. The van der Waals surface area contributed by atoms with Crippen molar-refractivity contribution < 1.29 is 23.4 Å². The number of rotatable bonds is 7. The van der Waals surface area contributed by atoms with Gasteiger partial charge in [0, 0.05) is 36.1 Å². The minimum Gasteiger partial charge on any atom is -0.486 e. The second kappa shape index (κ2) is 12.6. The summed E-state index contributed by atoms with van der Waals surface area (Å²) < 4.78 is 29.8. The lowest BCUT2D eigenvalue weighted by molar-refractivity contribution is -0.138. The molecule has 1 aromatic heterocycles. The van der Waals surface area contributed by atoms with Crippen LogP contribution < -0.4 is 20.7 Å². The SMILES string of the molecule is CC(C)(C)OC=O.Fc1ccc(Nc2ncnc3cc(OC4CCOC4)c(N[C@H]4CCNC4)cc23)cc1Cl. The molecule has 2 fully saturated rings. The molecule has 1 unspecified atom stereocenters. The van der Waals surface area contributed by atoms with Crippen LogP contribution in [-0.2, 0) is 14.3 Å². The van der Waals surface area contributed by atoms with Crippen LogP contribution >= 0.6 is 11.6 Å². The maximum atomic E-state index is 13.5. The Morgan fingerprint density at radius 3 is 2.68 bits per heavy atom. The van der Waals surface area contributed by atoms with E-state index in [4.69, 9.17) is 21.1 Å². The van der Waals surface area contributed by atoms with Gasteiger partial charge in [0.1, 0.15) is 35.4 Å². The smallest absolute Gasteiger partial charge is 0.293 e. The van der Waals surface area contributed by atoms with E-state index in [0.717, 1.165) is 48.3 Å². The van der Waals surface area contributed by atoms with E-state index < -0.39 is 5.82 Å². The zero-order valence-corrected chi connectivity index (χ0v) is 22.5. The van der Waals surface area contributed by atoms with Gasteiger partial charge in [0.2, 0.25) is 0 Å². The maximum Gasteiger partial charge on any atom is 0.293 e. The highest BCUT2D eigenvalue weighted by molar-refractivity contribution is 6.31. The molecule has 0 aliphatic carbocycles. The Balaban J connectivity index is 0.000000426. The largest absolute Gasteiger partial charge is 0.486 e. The number of nitrogens with zero attached hydrogens (tertiary/aromatic N) is 2. The summed E-state index contributed by atoms with van der Waals surface area (Å²) in [7, 11) is 0. The first-order chi connectivity index (χ1) is 18.2. The Bertz CT molecular complexity index is 1240. The van der Waals surface area contributed by atoms with Gasteiger partial charge in [-0.1, -0.05) is 11.6 Å². The molecule has 3 aromatic rings. The van der Waals surface area contributed by atoms with Crippen LogP contribution in [0.25, 0.3) is 10.9 Å². The lowest BCUT2D eigenvalue weighted by Crippen LogP contribution is -2.23. The Morgan fingerprint density at radius 1 is 1.21 bits per heavy atom. The molecule has 5 rings (SSSR count). The van der Waals surface area contributed by atoms with Gasteiger partial charge in [0.25, 0.3) is 6.47 Å². The summed E-state index contributed by atoms with van der Waals surface area (Å²) in [5.41, 5.74) is 1.96. The molecule has 2 atom stereocenters. The molecular formula is C27H33ClFN5O4. The molecule has 3 N–H and O–H groups in total. The summed E-state index contributed by atoms with van der Waals surface area (Å²) in [6.45, 7) is 9.10. The van der Waals surface area contributed by atoms with Crippen molar-refractivity contribution in [2.24, 2.45) is 0 Å². The highest BCUT2D eigenvalue weighted by Crippen LogP contribution is 2.35. The van der Waals surface area contributed by atoms with Crippen molar-refractivity contribution in [2.75, 3.05) is 36.9 Å². The molecule has 2 aromatic carbocycles. The Labute approximate surface area is 226 Å². The van der Waals surface area contributed by atoms with Gasteiger partial charge in [0.15, 0.2) is 0 Å². The number of ether oxygens (including phenoxy) is 3. The molecule has 38 heavy (non-hydrogen) atoms. The summed E-state index contributed by atoms with van der Waals surface area (Å²) in [4.78, 5) is 18.4. The van der Waals surface area contributed by atoms with E-state index in [-0.39, 0.29) is 16.7 Å². The quantitative estimate of drug-likeness (QED) is 0.351. The van der Waals surface area contributed by atoms with Crippen LogP contribution in [0.1, 0.15) is 33.6 Å². The van der Waals surface area contributed by atoms with Crippen LogP contribution in [0.4, 0.5) is 21.6 Å². The molecule has 0 bridgehead atoms. The van der Waals surface area contributed by atoms with Gasteiger partial charge in [-0.05, 0) is 58.0 Å². The Kier molecular flexibility index (Phi) is 9.19. The molecule has 0 amide bonds. The van der Waals surface area contributed by atoms with Crippen molar-refractivity contribution in [1.82, 2.24) is 15.3 Å². The molecule has 3 heterocycles. The van der Waals surface area contributed by atoms with Gasteiger partial charge in [-0.15, -0.1) is 0 Å². The Hall–Kier alpha value is -3.21. The molecule has 0 saturated carbocycles. The normalized spacial score (nSPS) is 19.0. The van der Waals surface area contributed by atoms with Gasteiger partial charge in [0.05, 0.1) is 29.4 Å². The average Bonchev–Trinajstić information content (AvgIpc) is 3.56. The van der Waals surface area contributed by atoms with Crippen LogP contribution in [0, 0.1) is 5.82 Å². The number of hydrogen-bond donors (Lipinski definition) is 3. The predicted octanol–water partition coefficient (Wildman–Crippen LogP) is 5.07. The van der Waals surface area contributed by atoms with Crippen molar-refractivity contribution in [3.8, 4) is 5.75 Å². The second-order valence-electron chi connectivity index (χ2n) is 10.1. The minimum atomic E-state index is -0.464. The first-order valence-corrected chi connectivity index (χ1v) is 12.9. The summed E-state index contributed by atoms with van der Waals surface area (Å²) >= 11 is 5.93. The summed E-state index contributed by atoms with van der Waals surface area (Å²) in [5.74, 6) is 0.898. The number of carbonyl (C=O) groups is 1. The number of carbonyl (C=O) groups excluding carboxylic acids is 1. The summed E-state index contributed by atoms with van der Waals surface area (Å²) in [5, 5.41) is 11.1. The van der Waals surface area contributed by atoms with Crippen LogP contribution in [0.5, 0.6) is 5.75 Å². The fraction of sp³-hybridized carbons (Fsp3) is 0.444. The number of nitrogens with one attached hydrogen (secondary N) is 3. The minimum absolute atomic E-state index is 0.0282. The van der Waals surface area contributed by atoms with E-state index in [1.54, 1.807) is 6.07 Å². The van der Waals surface area contributed by atoms with Crippen molar-refractivity contribution >= 4 is 46.2 Å². The van der Waals surface area contributed by atoms with Gasteiger partial charge in [-0.25, -0.2) is 14.4 Å². The van der Waals surface area contributed by atoms with Gasteiger partial charge >= 0.3 is 0 Å². The van der Waals surface area contributed by atoms with Crippen LogP contribution in [0.3, 0.4) is 0 Å². The van der Waals surface area contributed by atoms with Gasteiger partial charge in [-0.2, -0.15) is 0 Å². The second-order valence-corrected chi connectivity index (χ2v) is 10.5. The molecule has 2 saturated heterocycles. The van der Waals surface area contributed by atoms with Crippen molar-refractivity contribution in [3.63, 3.8) is 0 Å². The molecule has 0 spiro atoms. The Morgan fingerprint density at radius 2 is 2.05 bits per heavy atom. The maximum absolute atomic E-state index is 13.5. The number of anilines is 3. The highest BCUT2D eigenvalue weighted by Gasteiger charge is 2.22. The van der Waals surface area contributed by atoms with E-state index in [1.165, 1.54) is 18.5 Å². The third-order valence-corrected chi connectivity index (χ3v) is 6.21. The lowest BCUT2D eigenvalue weighted by Gasteiger charge is -2.21. The monoisotopic (exact) mass is 545 g/mol. The number of halogens is 2. The van der Waals surface area contributed by atoms with Crippen molar-refractivity contribution in [2.45, 2.75) is 51.4 Å². The molecule has 204 valence electrons. The topological polar surface area (TPSA) is 107 Å². The fourth-order valence-corrected chi connectivity index (χ4v) is 4.21. The first kappa shape index (κ1) is 27.8. The molecule has 0 radical (unpaired) electrons. The highest BCUT2D eigenvalue weighted by atomic mass is 35.5. The van der Waals surface area contributed by atoms with E-state index >= 15 is 0 Å². The molecule has 11 heteroatoms. The van der Waals surface area contributed by atoms with Crippen LogP contribution in [0.15, 0.2) is 36.7 Å². The number of hydrogen-bond acceptors (Lipinski definition) is 9. The van der Waals surface area contributed by atoms with Gasteiger partial charge < -0.3 is 30.2 Å². The molecule has 2 aliphatic heterocycles. The van der Waals surface area contributed by atoms with Gasteiger partial charge in [-0.3, -0.25) is 4.79 Å². The van der Waals surface area contributed by atoms with Crippen LogP contribution in [-0.4, -0.2) is 60.5 Å². The van der Waals surface area contributed by atoms with Crippen molar-refractivity contribution in [3.05, 3.63) is 47.5 Å². The fourth-order valence-electron chi connectivity index (χ4n) is 4.03. The number of fused-ring (bicyclic) bond motifs is 1. The molecule has 9 nitrogen and oxygen atoms in total. The molecule has 2 aliphatic rings. The summed E-state index contributed by atoms with van der Waals surface area (Å²) in [6.07, 6.45) is 3.42. The first-order valence-electron chi connectivity index (χ1n) is 12.6. The van der Waals surface area contributed by atoms with Crippen molar-refractivity contribution in [1.29, 1.82) is 0 Å². The lowest BCUT2D eigenvalue weighted by atomic mass is 10.1. The van der Waals surface area contributed by atoms with E-state index in [0.29, 0.717) is 37.2 Å². The zero-order valence-electron chi connectivity index (χ0n) is 21.7. The van der Waals surface area contributed by atoms with Crippen LogP contribution in [0.2, 0.25) is 5.02 Å². The third kappa shape index (κ3) is 7.66. The van der Waals surface area contributed by atoms with E-state index in [9.17, 15) is 9.18 Å². The zero-order chi connectivity index (χ0) is 27.1. The third-order valence-electron chi connectivity index (χ3n) is 5.92. The number of aromatic nitrogens is 2. The average molecular weight is 546 g/mol. The van der Waals surface area contributed by atoms with E-state index in [1.807, 2.05) is 32.9 Å². The standard InChI is InChI=1S/C22H23ClFN5O2.C5H10O2/c23-17-7-13(1-2-18(17)24)29-22-16-8-20(28-14-3-5-25-10-14)21(9-19(16)26-12-27-22)31-15-4-6-30-11-15;1-5(2,3)7-4-6/h1-2,7-9,12,14-15,25,28H,3-6,10-11H2,(H,26,27,29);4H,1-3H3/t14-,15?;/m0./s1. The predicted molar refractivity (Wildman–Crippen MR) is 146 cm³/mol.